The Hall–Kier alpha value is -3.66. The number of carbonyl (C=O) groups excluding carboxylic acids is 1. The first-order valence-electron chi connectivity index (χ1n) is 13.8. The van der Waals surface area contributed by atoms with Gasteiger partial charge in [0.05, 0.1) is 12.2 Å². The zero-order valence-electron chi connectivity index (χ0n) is 22.2. The predicted molar refractivity (Wildman–Crippen MR) is 152 cm³/mol. The van der Waals surface area contributed by atoms with Crippen LogP contribution in [-0.2, 0) is 23.4 Å². The maximum absolute atomic E-state index is 13.8. The van der Waals surface area contributed by atoms with E-state index in [9.17, 15) is 9.18 Å². The van der Waals surface area contributed by atoms with Crippen LogP contribution < -0.4 is 10.4 Å². The molecule has 0 aliphatic carbocycles. The standard InChI is InChI=1S/C33H29FO6Si/c34-25-14-10-13-24(21-25)30(35)39-32-28-29(38-31(37-28)23-11-4-1-5-12-23)33(40-32)19-20-41(36-22-33,26-15-6-2-7-16-26)27-17-8-3-9-18-27/h1-18,21,28-29,31-32H,19-20,22H2/t28-,29+,31+,32+,33+/m1/s1. The summed E-state index contributed by atoms with van der Waals surface area (Å²) in [5.74, 6) is -1.21. The Bertz CT molecular complexity index is 1470. The van der Waals surface area contributed by atoms with E-state index in [-0.39, 0.29) is 12.2 Å². The number of fused-ring (bicyclic) bond motifs is 2. The topological polar surface area (TPSA) is 63.2 Å². The molecule has 6 nitrogen and oxygen atoms in total. The molecule has 4 aromatic rings. The van der Waals surface area contributed by atoms with E-state index in [0.717, 1.165) is 17.7 Å². The molecule has 3 aliphatic rings. The maximum Gasteiger partial charge on any atom is 0.340 e. The minimum atomic E-state index is -2.59. The molecule has 1 spiro atoms. The van der Waals surface area contributed by atoms with Gasteiger partial charge in [0.15, 0.2) is 12.4 Å². The Balaban J connectivity index is 1.20. The number of esters is 1. The van der Waals surface area contributed by atoms with E-state index < -0.39 is 50.5 Å². The van der Waals surface area contributed by atoms with Crippen molar-refractivity contribution in [2.75, 3.05) is 6.61 Å². The normalized spacial score (nSPS) is 28.3. The molecule has 0 saturated carbocycles. The fourth-order valence-corrected chi connectivity index (χ4v) is 10.3. The lowest BCUT2D eigenvalue weighted by molar-refractivity contribution is -0.227. The van der Waals surface area contributed by atoms with Crippen LogP contribution in [0.1, 0.15) is 28.6 Å². The molecule has 4 aromatic carbocycles. The summed E-state index contributed by atoms with van der Waals surface area (Å²) in [6.45, 7) is 0.253. The van der Waals surface area contributed by atoms with Crippen molar-refractivity contribution in [1.29, 1.82) is 0 Å². The predicted octanol–water partition coefficient (Wildman–Crippen LogP) is 4.74. The van der Waals surface area contributed by atoms with Gasteiger partial charge >= 0.3 is 5.97 Å². The van der Waals surface area contributed by atoms with Crippen LogP contribution in [0.25, 0.3) is 0 Å². The van der Waals surface area contributed by atoms with Gasteiger partial charge in [0, 0.05) is 5.56 Å². The van der Waals surface area contributed by atoms with Crippen LogP contribution in [0.3, 0.4) is 0 Å². The molecule has 8 heteroatoms. The lowest BCUT2D eigenvalue weighted by Gasteiger charge is -2.45. The number of carbonyl (C=O) groups is 1. The van der Waals surface area contributed by atoms with Gasteiger partial charge in [-0.2, -0.15) is 0 Å². The third-order valence-electron chi connectivity index (χ3n) is 8.29. The van der Waals surface area contributed by atoms with Crippen LogP contribution >= 0.6 is 0 Å². The molecule has 41 heavy (non-hydrogen) atoms. The van der Waals surface area contributed by atoms with Crippen molar-refractivity contribution < 1.29 is 32.6 Å². The number of ether oxygens (including phenoxy) is 4. The Labute approximate surface area is 238 Å². The highest BCUT2D eigenvalue weighted by Gasteiger charge is 2.65. The molecule has 0 N–H and O–H groups in total. The van der Waals surface area contributed by atoms with E-state index in [1.807, 2.05) is 66.7 Å². The van der Waals surface area contributed by atoms with E-state index in [4.69, 9.17) is 23.4 Å². The summed E-state index contributed by atoms with van der Waals surface area (Å²) < 4.78 is 46.0. The zero-order chi connectivity index (χ0) is 27.9. The molecule has 208 valence electrons. The van der Waals surface area contributed by atoms with Crippen molar-refractivity contribution in [3.63, 3.8) is 0 Å². The molecule has 0 aromatic heterocycles. The second-order valence-electron chi connectivity index (χ2n) is 10.7. The number of rotatable bonds is 5. The van der Waals surface area contributed by atoms with E-state index in [1.54, 1.807) is 0 Å². The molecule has 7 rings (SSSR count). The molecule has 0 radical (unpaired) electrons. The SMILES string of the molecule is O=C(O[C@H]1O[C@]2(CC[Si](c3ccccc3)(c3ccccc3)OC2)[C@H]2O[C@@H](c3ccccc3)O[C@@H]12)c1cccc(F)c1. The quantitative estimate of drug-likeness (QED) is 0.256. The van der Waals surface area contributed by atoms with Crippen LogP contribution in [0.2, 0.25) is 6.04 Å². The van der Waals surface area contributed by atoms with Crippen molar-refractivity contribution in [2.45, 2.75) is 42.9 Å². The minimum Gasteiger partial charge on any atom is -0.429 e. The van der Waals surface area contributed by atoms with Crippen LogP contribution in [0.4, 0.5) is 4.39 Å². The molecule has 3 fully saturated rings. The third kappa shape index (κ3) is 4.71. The lowest BCUT2D eigenvalue weighted by atomic mass is 9.93. The van der Waals surface area contributed by atoms with Crippen molar-refractivity contribution in [3.8, 4) is 0 Å². The highest BCUT2D eigenvalue weighted by Crippen LogP contribution is 2.50. The van der Waals surface area contributed by atoms with Gasteiger partial charge in [0.1, 0.15) is 17.5 Å². The van der Waals surface area contributed by atoms with E-state index in [1.165, 1.54) is 28.6 Å². The van der Waals surface area contributed by atoms with Crippen molar-refractivity contribution in [2.24, 2.45) is 0 Å². The largest absolute Gasteiger partial charge is 0.429 e. The average molecular weight is 569 g/mol. The van der Waals surface area contributed by atoms with E-state index in [2.05, 4.69) is 24.3 Å². The van der Waals surface area contributed by atoms with Crippen LogP contribution in [0.15, 0.2) is 115 Å². The van der Waals surface area contributed by atoms with Crippen LogP contribution in [0, 0.1) is 5.82 Å². The Morgan fingerprint density at radius 1 is 0.829 bits per heavy atom. The molecule has 3 aliphatic heterocycles. The molecule has 5 atom stereocenters. The number of benzene rings is 4. The summed E-state index contributed by atoms with van der Waals surface area (Å²) in [7, 11) is -2.59. The van der Waals surface area contributed by atoms with Gasteiger partial charge in [0.25, 0.3) is 8.32 Å². The van der Waals surface area contributed by atoms with E-state index in [0.29, 0.717) is 6.42 Å². The first-order valence-corrected chi connectivity index (χ1v) is 15.9. The lowest BCUT2D eigenvalue weighted by Crippen LogP contribution is -2.67. The smallest absolute Gasteiger partial charge is 0.340 e. The molecule has 0 amide bonds. The molecular weight excluding hydrogens is 539 g/mol. The summed E-state index contributed by atoms with van der Waals surface area (Å²) >= 11 is 0. The molecule has 0 bridgehead atoms. The number of hydrogen-bond donors (Lipinski definition) is 0. The number of hydrogen-bond acceptors (Lipinski definition) is 6. The fourth-order valence-electron chi connectivity index (χ4n) is 6.23. The molecule has 0 unspecified atom stereocenters. The third-order valence-corrected chi connectivity index (χ3v) is 12.4. The van der Waals surface area contributed by atoms with Gasteiger partial charge in [-0.05, 0) is 41.0 Å². The van der Waals surface area contributed by atoms with Crippen molar-refractivity contribution in [3.05, 3.63) is 132 Å². The van der Waals surface area contributed by atoms with E-state index >= 15 is 0 Å². The van der Waals surface area contributed by atoms with Crippen LogP contribution in [-0.4, -0.2) is 45.0 Å². The van der Waals surface area contributed by atoms with Gasteiger partial charge in [0.2, 0.25) is 6.29 Å². The van der Waals surface area contributed by atoms with Gasteiger partial charge in [-0.25, -0.2) is 9.18 Å². The van der Waals surface area contributed by atoms with Gasteiger partial charge in [-0.1, -0.05) is 97.1 Å². The summed E-state index contributed by atoms with van der Waals surface area (Å²) in [4.78, 5) is 13.0. The summed E-state index contributed by atoms with van der Waals surface area (Å²) in [6, 6.07) is 36.6. The summed E-state index contributed by atoms with van der Waals surface area (Å²) in [6.07, 6.45) is -2.27. The summed E-state index contributed by atoms with van der Waals surface area (Å²) in [5, 5.41) is 2.38. The highest BCUT2D eigenvalue weighted by atomic mass is 28.4. The highest BCUT2D eigenvalue weighted by molar-refractivity contribution is 6.97. The average Bonchev–Trinajstić information content (AvgIpc) is 3.59. The molecule has 3 saturated heterocycles. The molecular formula is C33H29FO6Si. The number of halogens is 1. The minimum absolute atomic E-state index is 0.101. The zero-order valence-corrected chi connectivity index (χ0v) is 23.2. The second-order valence-corrected chi connectivity index (χ2v) is 14.3. The first kappa shape index (κ1) is 26.2. The Kier molecular flexibility index (Phi) is 6.80. The van der Waals surface area contributed by atoms with Crippen molar-refractivity contribution >= 4 is 24.7 Å². The first-order chi connectivity index (χ1) is 20.1. The van der Waals surface area contributed by atoms with Gasteiger partial charge in [-0.15, -0.1) is 0 Å². The van der Waals surface area contributed by atoms with Gasteiger partial charge in [-0.3, -0.25) is 0 Å². The Morgan fingerprint density at radius 3 is 2.10 bits per heavy atom. The summed E-state index contributed by atoms with van der Waals surface area (Å²) in [5.41, 5.74) is 0.0756. The maximum atomic E-state index is 13.8. The molecule has 3 heterocycles. The monoisotopic (exact) mass is 568 g/mol. The second kappa shape index (κ2) is 10.6. The fraction of sp³-hybridized carbons (Fsp3) is 0.242. The van der Waals surface area contributed by atoms with Crippen LogP contribution in [0.5, 0.6) is 0 Å². The Morgan fingerprint density at radius 2 is 1.49 bits per heavy atom. The van der Waals surface area contributed by atoms with Crippen molar-refractivity contribution in [1.82, 2.24) is 0 Å². The van der Waals surface area contributed by atoms with Gasteiger partial charge < -0.3 is 23.4 Å².